The molecule has 0 radical (unpaired) electrons. The molecule has 4 heterocycles. The monoisotopic (exact) mass is 372 g/mol. The number of hydrogen-bond acceptors (Lipinski definition) is 5. The second-order valence-corrected chi connectivity index (χ2v) is 6.50. The highest BCUT2D eigenvalue weighted by atomic mass is 19.3. The number of carbonyl (C=O) groups is 1. The normalized spacial score (nSPS) is 17.1. The number of anilines is 1. The topological polar surface area (TPSA) is 75.4 Å². The van der Waals surface area contributed by atoms with Gasteiger partial charge in [-0.1, -0.05) is 6.07 Å². The molecule has 0 unspecified atom stereocenters. The number of halogens is 2. The van der Waals surface area contributed by atoms with Crippen LogP contribution in [0.15, 0.2) is 42.9 Å². The number of piperidine rings is 1. The maximum atomic E-state index is 13.4. The Morgan fingerprint density at radius 3 is 2.63 bits per heavy atom. The van der Waals surface area contributed by atoms with E-state index in [0.717, 1.165) is 5.52 Å². The highest BCUT2D eigenvalue weighted by Crippen LogP contribution is 2.28. The summed E-state index contributed by atoms with van der Waals surface area (Å²) in [6.45, 7) is 1.02. The van der Waals surface area contributed by atoms with Crippen LogP contribution in [0.1, 0.15) is 29.2 Å². The van der Waals surface area contributed by atoms with Gasteiger partial charge >= 0.3 is 0 Å². The number of hydrogen-bond donors (Lipinski definition) is 1. The van der Waals surface area contributed by atoms with E-state index in [9.17, 15) is 13.6 Å². The van der Waals surface area contributed by atoms with E-state index in [2.05, 4.69) is 20.3 Å². The highest BCUT2D eigenvalue weighted by Gasteiger charge is 2.34. The lowest BCUT2D eigenvalue weighted by atomic mass is 10.1. The lowest BCUT2D eigenvalue weighted by molar-refractivity contribution is -0.0567. The van der Waals surface area contributed by atoms with Crippen molar-refractivity contribution in [2.75, 3.05) is 18.4 Å². The second-order valence-electron chi connectivity index (χ2n) is 6.50. The molecule has 4 rings (SSSR count). The molecule has 3 aromatic rings. The van der Waals surface area contributed by atoms with Crippen molar-refractivity contribution in [3.05, 3.63) is 54.4 Å². The SMILES string of the molecule is O=C(Nc1ncccn1)c1nc(CN2CCC(F)(F)CC2)c2ccccn12. The van der Waals surface area contributed by atoms with Gasteiger partial charge in [0.05, 0.1) is 11.2 Å². The van der Waals surface area contributed by atoms with E-state index in [1.165, 1.54) is 12.4 Å². The number of amides is 1. The molecule has 27 heavy (non-hydrogen) atoms. The fourth-order valence-corrected chi connectivity index (χ4v) is 3.15. The molecule has 140 valence electrons. The van der Waals surface area contributed by atoms with E-state index >= 15 is 0 Å². The Morgan fingerprint density at radius 1 is 1.15 bits per heavy atom. The number of fused-ring (bicyclic) bond motifs is 1. The van der Waals surface area contributed by atoms with Crippen LogP contribution in [0.5, 0.6) is 0 Å². The predicted octanol–water partition coefficient (Wildman–Crippen LogP) is 2.61. The van der Waals surface area contributed by atoms with E-state index in [1.54, 1.807) is 22.7 Å². The molecule has 0 spiro atoms. The van der Waals surface area contributed by atoms with Crippen LogP contribution >= 0.6 is 0 Å². The first kappa shape index (κ1) is 17.5. The van der Waals surface area contributed by atoms with Crippen molar-refractivity contribution in [1.29, 1.82) is 0 Å². The van der Waals surface area contributed by atoms with Gasteiger partial charge in [0, 0.05) is 51.1 Å². The Morgan fingerprint density at radius 2 is 1.89 bits per heavy atom. The third-order valence-electron chi connectivity index (χ3n) is 4.58. The van der Waals surface area contributed by atoms with Gasteiger partial charge in [-0.25, -0.2) is 23.7 Å². The van der Waals surface area contributed by atoms with Crippen LogP contribution in [0.2, 0.25) is 0 Å². The molecule has 1 saturated heterocycles. The Hall–Kier alpha value is -2.94. The van der Waals surface area contributed by atoms with Crippen molar-refractivity contribution < 1.29 is 13.6 Å². The summed E-state index contributed by atoms with van der Waals surface area (Å²) in [5, 5.41) is 2.62. The first-order valence-electron chi connectivity index (χ1n) is 8.66. The summed E-state index contributed by atoms with van der Waals surface area (Å²) in [5.41, 5.74) is 1.45. The summed E-state index contributed by atoms with van der Waals surface area (Å²) in [7, 11) is 0. The van der Waals surface area contributed by atoms with Gasteiger partial charge in [0.1, 0.15) is 0 Å². The van der Waals surface area contributed by atoms with Gasteiger partial charge < -0.3 is 0 Å². The van der Waals surface area contributed by atoms with E-state index in [0.29, 0.717) is 25.3 Å². The van der Waals surface area contributed by atoms with Gasteiger partial charge in [0.25, 0.3) is 11.8 Å². The molecule has 0 aromatic carbocycles. The molecule has 0 atom stereocenters. The molecule has 7 nitrogen and oxygen atoms in total. The van der Waals surface area contributed by atoms with Gasteiger partial charge in [0.2, 0.25) is 11.8 Å². The molecule has 1 amide bonds. The lowest BCUT2D eigenvalue weighted by Crippen LogP contribution is -2.38. The smallest absolute Gasteiger partial charge is 0.294 e. The predicted molar refractivity (Wildman–Crippen MR) is 94.6 cm³/mol. The quantitative estimate of drug-likeness (QED) is 0.762. The Kier molecular flexibility index (Phi) is 4.53. The minimum absolute atomic E-state index is 0.155. The van der Waals surface area contributed by atoms with E-state index < -0.39 is 11.8 Å². The zero-order chi connectivity index (χ0) is 18.9. The van der Waals surface area contributed by atoms with E-state index in [4.69, 9.17) is 0 Å². The summed E-state index contributed by atoms with van der Waals surface area (Å²) in [4.78, 5) is 27.0. The van der Waals surface area contributed by atoms with Crippen LogP contribution in [0.25, 0.3) is 5.52 Å². The third-order valence-corrected chi connectivity index (χ3v) is 4.58. The number of rotatable bonds is 4. The van der Waals surface area contributed by atoms with Crippen molar-refractivity contribution in [3.63, 3.8) is 0 Å². The number of carbonyl (C=O) groups excluding carboxylic acids is 1. The molecular formula is C18H18F2N6O. The Balaban J connectivity index is 1.58. The fourth-order valence-electron chi connectivity index (χ4n) is 3.15. The number of aromatic nitrogens is 4. The molecule has 0 saturated carbocycles. The third kappa shape index (κ3) is 3.77. The Labute approximate surface area is 154 Å². The molecule has 0 bridgehead atoms. The van der Waals surface area contributed by atoms with E-state index in [1.807, 2.05) is 17.0 Å². The first-order valence-corrected chi connectivity index (χ1v) is 8.66. The first-order chi connectivity index (χ1) is 13.0. The van der Waals surface area contributed by atoms with Crippen molar-refractivity contribution in [3.8, 4) is 0 Å². The molecule has 1 N–H and O–H groups in total. The van der Waals surface area contributed by atoms with Crippen molar-refractivity contribution in [2.24, 2.45) is 0 Å². The maximum Gasteiger partial charge on any atom is 0.294 e. The highest BCUT2D eigenvalue weighted by molar-refractivity contribution is 6.01. The molecule has 3 aromatic heterocycles. The summed E-state index contributed by atoms with van der Waals surface area (Å²) < 4.78 is 28.4. The van der Waals surface area contributed by atoms with Gasteiger partial charge in [-0.3, -0.25) is 19.4 Å². The molecule has 9 heteroatoms. The number of nitrogens with one attached hydrogen (secondary N) is 1. The number of likely N-dealkylation sites (tertiary alicyclic amines) is 1. The van der Waals surface area contributed by atoms with Crippen LogP contribution in [-0.2, 0) is 6.54 Å². The minimum Gasteiger partial charge on any atom is -0.297 e. The number of nitrogens with zero attached hydrogens (tertiary/aromatic N) is 5. The van der Waals surface area contributed by atoms with Crippen LogP contribution in [0, 0.1) is 0 Å². The largest absolute Gasteiger partial charge is 0.297 e. The molecular weight excluding hydrogens is 354 g/mol. The van der Waals surface area contributed by atoms with Crippen LogP contribution in [0.3, 0.4) is 0 Å². The summed E-state index contributed by atoms with van der Waals surface area (Å²) in [6, 6.07) is 7.17. The number of alkyl halides is 2. The zero-order valence-corrected chi connectivity index (χ0v) is 14.5. The maximum absolute atomic E-state index is 13.4. The van der Waals surface area contributed by atoms with Crippen molar-refractivity contribution in [2.45, 2.75) is 25.3 Å². The minimum atomic E-state index is -2.59. The number of imidazole rings is 1. The molecule has 1 fully saturated rings. The van der Waals surface area contributed by atoms with Crippen LogP contribution in [0.4, 0.5) is 14.7 Å². The average Bonchev–Trinajstić information content (AvgIpc) is 3.03. The summed E-state index contributed by atoms with van der Waals surface area (Å²) in [6.07, 6.45) is 4.50. The van der Waals surface area contributed by atoms with E-state index in [-0.39, 0.29) is 24.6 Å². The number of pyridine rings is 1. The fraction of sp³-hybridized carbons (Fsp3) is 0.333. The van der Waals surface area contributed by atoms with Crippen LogP contribution in [-0.4, -0.2) is 49.2 Å². The summed E-state index contributed by atoms with van der Waals surface area (Å²) >= 11 is 0. The Bertz CT molecular complexity index is 949. The lowest BCUT2D eigenvalue weighted by Gasteiger charge is -2.31. The molecule has 0 aliphatic carbocycles. The van der Waals surface area contributed by atoms with Crippen molar-refractivity contribution >= 4 is 17.4 Å². The van der Waals surface area contributed by atoms with Gasteiger partial charge in [-0.15, -0.1) is 0 Å². The second kappa shape index (κ2) is 6.99. The molecule has 1 aliphatic heterocycles. The van der Waals surface area contributed by atoms with Crippen LogP contribution < -0.4 is 5.32 Å². The molecule has 1 aliphatic rings. The van der Waals surface area contributed by atoms with Gasteiger partial charge in [-0.05, 0) is 18.2 Å². The van der Waals surface area contributed by atoms with Crippen molar-refractivity contribution in [1.82, 2.24) is 24.3 Å². The average molecular weight is 372 g/mol. The summed E-state index contributed by atoms with van der Waals surface area (Å²) in [5.74, 6) is -2.63. The van der Waals surface area contributed by atoms with Gasteiger partial charge in [-0.2, -0.15) is 0 Å². The zero-order valence-electron chi connectivity index (χ0n) is 14.5. The standard InChI is InChI=1S/C18H18F2N6O/c19-18(20)5-10-25(11-6-18)12-13-14-4-1-2-9-26(14)15(23-13)16(27)24-17-21-7-3-8-22-17/h1-4,7-9H,5-6,10-12H2,(H,21,22,24,27). The van der Waals surface area contributed by atoms with Gasteiger partial charge in [0.15, 0.2) is 0 Å².